The molecule has 0 aliphatic heterocycles. The Hall–Kier alpha value is -2.34. The summed E-state index contributed by atoms with van der Waals surface area (Å²) in [5, 5.41) is 0.718. The van der Waals surface area contributed by atoms with Crippen LogP contribution in [0.1, 0.15) is 30.2 Å². The molecule has 0 radical (unpaired) electrons. The number of nitrogens with zero attached hydrogens (tertiary/aromatic N) is 2. The van der Waals surface area contributed by atoms with Crippen LogP contribution in [0.3, 0.4) is 0 Å². The highest BCUT2D eigenvalue weighted by Crippen LogP contribution is 2.34. The maximum atomic E-state index is 13.2. The van der Waals surface area contributed by atoms with Crippen LogP contribution in [0.5, 0.6) is 5.75 Å². The number of benzene rings is 1. The summed E-state index contributed by atoms with van der Waals surface area (Å²) in [6.45, 7) is 2.50. The van der Waals surface area contributed by atoms with Gasteiger partial charge in [-0.3, -0.25) is 9.36 Å². The van der Waals surface area contributed by atoms with Gasteiger partial charge in [-0.15, -0.1) is 11.3 Å². The molecule has 2 aromatic heterocycles. The van der Waals surface area contributed by atoms with Crippen LogP contribution in [0.4, 0.5) is 0 Å². The Labute approximate surface area is 149 Å². The normalized spacial score (nSPS) is 13.8. The third-order valence-electron chi connectivity index (χ3n) is 4.76. The molecule has 1 aliphatic carbocycles. The van der Waals surface area contributed by atoms with Gasteiger partial charge >= 0.3 is 5.69 Å². The van der Waals surface area contributed by atoms with Gasteiger partial charge in [0.05, 0.1) is 17.7 Å². The topological polar surface area (TPSA) is 53.2 Å². The van der Waals surface area contributed by atoms with E-state index in [1.54, 1.807) is 47.2 Å². The van der Waals surface area contributed by atoms with Crippen LogP contribution in [0.15, 0.2) is 33.9 Å². The van der Waals surface area contributed by atoms with Crippen LogP contribution in [0.25, 0.3) is 15.9 Å². The predicted octanol–water partition coefficient (Wildman–Crippen LogP) is 3.03. The van der Waals surface area contributed by atoms with Gasteiger partial charge in [-0.05, 0) is 62.4 Å². The van der Waals surface area contributed by atoms with E-state index in [1.165, 1.54) is 9.44 Å². The molecule has 0 amide bonds. The SMILES string of the molecule is CCOc1ccc(-n2c(=O)c3c4c(sc3n(C)c2=O)CCCC4)cc1. The first-order valence-corrected chi connectivity index (χ1v) is 9.43. The van der Waals surface area contributed by atoms with E-state index in [-0.39, 0.29) is 11.2 Å². The van der Waals surface area contributed by atoms with Crippen LogP contribution in [-0.2, 0) is 19.9 Å². The minimum atomic E-state index is -0.305. The van der Waals surface area contributed by atoms with Crippen LogP contribution in [0.2, 0.25) is 0 Å². The largest absolute Gasteiger partial charge is 0.494 e. The van der Waals surface area contributed by atoms with Crippen LogP contribution in [0, 0.1) is 0 Å². The van der Waals surface area contributed by atoms with E-state index in [1.807, 2.05) is 6.92 Å². The van der Waals surface area contributed by atoms with Crippen molar-refractivity contribution in [2.24, 2.45) is 7.05 Å². The molecule has 0 bridgehead atoms. The monoisotopic (exact) mass is 356 g/mol. The molecular weight excluding hydrogens is 336 g/mol. The fourth-order valence-corrected chi connectivity index (χ4v) is 4.86. The van der Waals surface area contributed by atoms with Crippen molar-refractivity contribution in [3.63, 3.8) is 0 Å². The summed E-state index contributed by atoms with van der Waals surface area (Å²) in [7, 11) is 1.75. The molecule has 130 valence electrons. The Bertz CT molecular complexity index is 1060. The average molecular weight is 356 g/mol. The first kappa shape index (κ1) is 16.1. The molecule has 0 N–H and O–H groups in total. The van der Waals surface area contributed by atoms with Crippen LogP contribution >= 0.6 is 11.3 Å². The van der Waals surface area contributed by atoms with Crippen molar-refractivity contribution in [2.45, 2.75) is 32.6 Å². The fourth-order valence-electron chi connectivity index (χ4n) is 3.53. The van der Waals surface area contributed by atoms with Gasteiger partial charge in [-0.1, -0.05) is 0 Å². The summed E-state index contributed by atoms with van der Waals surface area (Å²) in [6.07, 6.45) is 4.18. The summed E-state index contributed by atoms with van der Waals surface area (Å²) >= 11 is 1.60. The molecule has 2 heterocycles. The first-order valence-electron chi connectivity index (χ1n) is 8.61. The quantitative estimate of drug-likeness (QED) is 0.725. The van der Waals surface area contributed by atoms with E-state index < -0.39 is 0 Å². The number of aryl methyl sites for hydroxylation is 3. The summed E-state index contributed by atoms with van der Waals surface area (Å²) in [4.78, 5) is 28.1. The predicted molar refractivity (Wildman–Crippen MR) is 100 cm³/mol. The van der Waals surface area contributed by atoms with E-state index in [2.05, 4.69) is 0 Å². The number of hydrogen-bond acceptors (Lipinski definition) is 4. The van der Waals surface area contributed by atoms with E-state index in [4.69, 9.17) is 4.74 Å². The highest BCUT2D eigenvalue weighted by atomic mass is 32.1. The van der Waals surface area contributed by atoms with Crippen molar-refractivity contribution in [2.75, 3.05) is 6.61 Å². The average Bonchev–Trinajstić information content (AvgIpc) is 3.01. The maximum absolute atomic E-state index is 13.2. The molecule has 1 aliphatic rings. The van der Waals surface area contributed by atoms with Gasteiger partial charge in [-0.2, -0.15) is 0 Å². The lowest BCUT2D eigenvalue weighted by atomic mass is 9.97. The molecule has 4 rings (SSSR count). The van der Waals surface area contributed by atoms with E-state index in [0.717, 1.165) is 47.2 Å². The lowest BCUT2D eigenvalue weighted by molar-refractivity contribution is 0.340. The minimum Gasteiger partial charge on any atom is -0.494 e. The van der Waals surface area contributed by atoms with E-state index >= 15 is 0 Å². The van der Waals surface area contributed by atoms with Gasteiger partial charge in [0.2, 0.25) is 0 Å². The number of aromatic nitrogens is 2. The molecule has 0 atom stereocenters. The lowest BCUT2D eigenvalue weighted by Gasteiger charge is -2.12. The van der Waals surface area contributed by atoms with Gasteiger partial charge in [0.25, 0.3) is 5.56 Å². The van der Waals surface area contributed by atoms with Crippen molar-refractivity contribution < 1.29 is 4.74 Å². The number of rotatable bonds is 3. The summed E-state index contributed by atoms with van der Waals surface area (Å²) in [6, 6.07) is 7.10. The molecule has 5 nitrogen and oxygen atoms in total. The smallest absolute Gasteiger partial charge is 0.336 e. The van der Waals surface area contributed by atoms with E-state index in [9.17, 15) is 9.59 Å². The zero-order valence-electron chi connectivity index (χ0n) is 14.4. The van der Waals surface area contributed by atoms with Crippen molar-refractivity contribution in [1.29, 1.82) is 0 Å². The van der Waals surface area contributed by atoms with Crippen molar-refractivity contribution in [1.82, 2.24) is 9.13 Å². The standard InChI is InChI=1S/C19H20N2O3S/c1-3-24-13-10-8-12(9-11-13)21-17(22)16-14-6-4-5-7-15(14)25-18(16)20(2)19(21)23/h8-11H,3-7H2,1-2H3. The lowest BCUT2D eigenvalue weighted by Crippen LogP contribution is -2.37. The second-order valence-corrected chi connectivity index (χ2v) is 7.38. The Balaban J connectivity index is 1.98. The Kier molecular flexibility index (Phi) is 4.00. The molecule has 3 aromatic rings. The molecule has 0 fully saturated rings. The molecule has 1 aromatic carbocycles. The molecule has 25 heavy (non-hydrogen) atoms. The first-order chi connectivity index (χ1) is 12.1. The second-order valence-electron chi connectivity index (χ2n) is 6.30. The summed E-state index contributed by atoms with van der Waals surface area (Å²) in [5.74, 6) is 0.727. The van der Waals surface area contributed by atoms with Gasteiger partial charge in [0.15, 0.2) is 0 Å². The maximum Gasteiger partial charge on any atom is 0.336 e. The molecular formula is C19H20N2O3S. The van der Waals surface area contributed by atoms with Crippen molar-refractivity contribution >= 4 is 21.6 Å². The number of thiophene rings is 1. The molecule has 0 spiro atoms. The highest BCUT2D eigenvalue weighted by Gasteiger charge is 2.22. The summed E-state index contributed by atoms with van der Waals surface area (Å²) < 4.78 is 8.33. The van der Waals surface area contributed by atoms with Crippen LogP contribution < -0.4 is 16.0 Å². The number of hydrogen-bond donors (Lipinski definition) is 0. The molecule has 0 unspecified atom stereocenters. The van der Waals surface area contributed by atoms with Gasteiger partial charge < -0.3 is 4.74 Å². The van der Waals surface area contributed by atoms with Crippen molar-refractivity contribution in [3.8, 4) is 11.4 Å². The summed E-state index contributed by atoms with van der Waals surface area (Å²) in [5.41, 5.74) is 1.21. The zero-order valence-corrected chi connectivity index (χ0v) is 15.2. The zero-order chi connectivity index (χ0) is 17.6. The molecule has 6 heteroatoms. The molecule has 0 saturated heterocycles. The van der Waals surface area contributed by atoms with E-state index in [0.29, 0.717) is 12.3 Å². The van der Waals surface area contributed by atoms with Gasteiger partial charge in [0.1, 0.15) is 10.6 Å². The Morgan fingerprint density at radius 1 is 1.12 bits per heavy atom. The highest BCUT2D eigenvalue weighted by molar-refractivity contribution is 7.18. The molecule has 0 saturated carbocycles. The van der Waals surface area contributed by atoms with Crippen LogP contribution in [-0.4, -0.2) is 15.7 Å². The van der Waals surface area contributed by atoms with Gasteiger partial charge in [-0.25, -0.2) is 9.36 Å². The third-order valence-corrected chi connectivity index (χ3v) is 6.13. The minimum absolute atomic E-state index is 0.207. The van der Waals surface area contributed by atoms with Gasteiger partial charge in [0, 0.05) is 11.9 Å². The fraction of sp³-hybridized carbons (Fsp3) is 0.368. The number of fused-ring (bicyclic) bond motifs is 3. The second kappa shape index (κ2) is 6.19. The Morgan fingerprint density at radius 2 is 1.84 bits per heavy atom. The Morgan fingerprint density at radius 3 is 2.56 bits per heavy atom. The number of ether oxygens (including phenoxy) is 1. The van der Waals surface area contributed by atoms with Crippen molar-refractivity contribution in [3.05, 3.63) is 55.5 Å². The third kappa shape index (κ3) is 2.52.